The Kier molecular flexibility index (Phi) is 3.65. The molecule has 2 nitrogen and oxygen atoms in total. The Balaban J connectivity index is 2.70. The van der Waals surface area contributed by atoms with Crippen LogP contribution in [0.1, 0.15) is 30.1 Å². The summed E-state index contributed by atoms with van der Waals surface area (Å²) in [6.45, 7) is 5.67. The average molecular weight is 176 g/mol. The number of aryl methyl sites for hydroxylation is 1. The Hall–Kier alpha value is -1.15. The van der Waals surface area contributed by atoms with E-state index >= 15 is 0 Å². The molecule has 1 heterocycles. The minimum atomic E-state index is 0.0895. The van der Waals surface area contributed by atoms with Crippen LogP contribution in [0.3, 0.4) is 0 Å². The topological polar surface area (TPSA) is 38.9 Å². The summed E-state index contributed by atoms with van der Waals surface area (Å²) in [6.07, 6.45) is 5.58. The summed E-state index contributed by atoms with van der Waals surface area (Å²) < 4.78 is 0. The van der Waals surface area contributed by atoms with Crippen LogP contribution < -0.4 is 5.73 Å². The van der Waals surface area contributed by atoms with Crippen molar-refractivity contribution in [3.8, 4) is 0 Å². The molecule has 0 aliphatic heterocycles. The number of allylic oxidation sites excluding steroid dienone is 1. The van der Waals surface area contributed by atoms with Crippen LogP contribution in [0.5, 0.6) is 0 Å². The molecule has 0 radical (unpaired) electrons. The van der Waals surface area contributed by atoms with Gasteiger partial charge in [-0.3, -0.25) is 4.98 Å². The van der Waals surface area contributed by atoms with E-state index in [-0.39, 0.29) is 6.04 Å². The van der Waals surface area contributed by atoms with Crippen LogP contribution >= 0.6 is 0 Å². The number of hydrogen-bond donors (Lipinski definition) is 1. The van der Waals surface area contributed by atoms with Crippen LogP contribution in [0.15, 0.2) is 31.0 Å². The van der Waals surface area contributed by atoms with Crippen molar-refractivity contribution in [1.29, 1.82) is 0 Å². The van der Waals surface area contributed by atoms with Gasteiger partial charge in [-0.1, -0.05) is 12.1 Å². The molecule has 2 N–H and O–H groups in total. The molecular formula is C11H16N2. The molecule has 1 aromatic heterocycles. The van der Waals surface area contributed by atoms with Gasteiger partial charge in [0, 0.05) is 17.9 Å². The lowest BCUT2D eigenvalue weighted by Crippen LogP contribution is -2.11. The van der Waals surface area contributed by atoms with Crippen LogP contribution in [-0.2, 0) is 0 Å². The smallest absolute Gasteiger partial charge is 0.0420 e. The third-order valence-electron chi connectivity index (χ3n) is 2.13. The Bertz CT molecular complexity index is 281. The second kappa shape index (κ2) is 4.77. The highest BCUT2D eigenvalue weighted by Gasteiger charge is 2.07. The summed E-state index contributed by atoms with van der Waals surface area (Å²) in [4.78, 5) is 4.20. The third-order valence-corrected chi connectivity index (χ3v) is 2.13. The molecule has 0 bridgehead atoms. The molecule has 0 saturated heterocycles. The number of nitrogens with two attached hydrogens (primary N) is 1. The molecule has 13 heavy (non-hydrogen) atoms. The Labute approximate surface area is 79.5 Å². The standard InChI is InChI=1S/C11H16N2/c1-3-4-7-11(12)10-6-5-8-13-9(10)2/h3,5-6,8,11H,1,4,7,12H2,2H3. The lowest BCUT2D eigenvalue weighted by atomic mass is 10.0. The molecule has 0 aromatic carbocycles. The average Bonchev–Trinajstić information content (AvgIpc) is 2.15. The summed E-state index contributed by atoms with van der Waals surface area (Å²) in [5, 5.41) is 0. The molecule has 0 amide bonds. The molecule has 0 aliphatic carbocycles. The Morgan fingerprint density at radius 2 is 2.46 bits per heavy atom. The molecule has 70 valence electrons. The van der Waals surface area contributed by atoms with Gasteiger partial charge in [-0.2, -0.15) is 0 Å². The van der Waals surface area contributed by atoms with E-state index < -0.39 is 0 Å². The molecule has 0 saturated carbocycles. The summed E-state index contributed by atoms with van der Waals surface area (Å²) in [6, 6.07) is 4.05. The van der Waals surface area contributed by atoms with Crippen molar-refractivity contribution in [2.45, 2.75) is 25.8 Å². The van der Waals surface area contributed by atoms with Gasteiger partial charge in [0.2, 0.25) is 0 Å². The summed E-state index contributed by atoms with van der Waals surface area (Å²) in [5.74, 6) is 0. The van der Waals surface area contributed by atoms with Crippen molar-refractivity contribution in [3.63, 3.8) is 0 Å². The van der Waals surface area contributed by atoms with E-state index in [0.717, 1.165) is 24.1 Å². The highest BCUT2D eigenvalue weighted by Crippen LogP contribution is 2.17. The zero-order valence-electron chi connectivity index (χ0n) is 8.03. The van der Waals surface area contributed by atoms with Gasteiger partial charge in [-0.05, 0) is 31.4 Å². The minimum Gasteiger partial charge on any atom is -0.324 e. The monoisotopic (exact) mass is 176 g/mol. The first-order valence-electron chi connectivity index (χ1n) is 4.53. The SMILES string of the molecule is C=CCCC(N)c1cccnc1C. The molecule has 2 heteroatoms. The van der Waals surface area contributed by atoms with E-state index in [9.17, 15) is 0 Å². The van der Waals surface area contributed by atoms with Crippen LogP contribution in [0.2, 0.25) is 0 Å². The van der Waals surface area contributed by atoms with Gasteiger partial charge < -0.3 is 5.73 Å². The van der Waals surface area contributed by atoms with Crippen molar-refractivity contribution < 1.29 is 0 Å². The molecule has 1 rings (SSSR count). The van der Waals surface area contributed by atoms with Crippen LogP contribution in [-0.4, -0.2) is 4.98 Å². The fraction of sp³-hybridized carbons (Fsp3) is 0.364. The maximum atomic E-state index is 5.99. The van der Waals surface area contributed by atoms with E-state index in [4.69, 9.17) is 5.73 Å². The van der Waals surface area contributed by atoms with E-state index in [2.05, 4.69) is 11.6 Å². The number of rotatable bonds is 4. The second-order valence-corrected chi connectivity index (χ2v) is 3.15. The van der Waals surface area contributed by atoms with Crippen molar-refractivity contribution >= 4 is 0 Å². The lowest BCUT2D eigenvalue weighted by molar-refractivity contribution is 0.653. The predicted molar refractivity (Wildman–Crippen MR) is 55.3 cm³/mol. The van der Waals surface area contributed by atoms with E-state index in [1.165, 1.54) is 0 Å². The van der Waals surface area contributed by atoms with Gasteiger partial charge in [0.1, 0.15) is 0 Å². The van der Waals surface area contributed by atoms with E-state index in [1.807, 2.05) is 25.1 Å². The van der Waals surface area contributed by atoms with Crippen LogP contribution in [0.25, 0.3) is 0 Å². The lowest BCUT2D eigenvalue weighted by Gasteiger charge is -2.12. The molecule has 0 aliphatic rings. The maximum absolute atomic E-state index is 5.99. The number of aromatic nitrogens is 1. The second-order valence-electron chi connectivity index (χ2n) is 3.15. The normalized spacial score (nSPS) is 12.5. The zero-order chi connectivity index (χ0) is 9.68. The number of pyridine rings is 1. The summed E-state index contributed by atoms with van der Waals surface area (Å²) in [7, 11) is 0. The van der Waals surface area contributed by atoms with Crippen molar-refractivity contribution in [2.75, 3.05) is 0 Å². The van der Waals surface area contributed by atoms with Gasteiger partial charge in [0.15, 0.2) is 0 Å². The highest BCUT2D eigenvalue weighted by molar-refractivity contribution is 5.21. The quantitative estimate of drug-likeness (QED) is 0.715. The first kappa shape index (κ1) is 9.93. The minimum absolute atomic E-state index is 0.0895. The Morgan fingerprint density at radius 3 is 3.08 bits per heavy atom. The molecule has 1 atom stereocenters. The van der Waals surface area contributed by atoms with Gasteiger partial charge in [0.05, 0.1) is 0 Å². The predicted octanol–water partition coefficient (Wildman–Crippen LogP) is 2.36. The Morgan fingerprint density at radius 1 is 1.69 bits per heavy atom. The fourth-order valence-corrected chi connectivity index (χ4v) is 1.34. The van der Waals surface area contributed by atoms with Gasteiger partial charge in [-0.25, -0.2) is 0 Å². The van der Waals surface area contributed by atoms with Crippen LogP contribution in [0, 0.1) is 6.92 Å². The third kappa shape index (κ3) is 2.67. The number of hydrogen-bond acceptors (Lipinski definition) is 2. The first-order valence-corrected chi connectivity index (χ1v) is 4.53. The number of nitrogens with zero attached hydrogens (tertiary/aromatic N) is 1. The largest absolute Gasteiger partial charge is 0.324 e. The van der Waals surface area contributed by atoms with Gasteiger partial charge >= 0.3 is 0 Å². The van der Waals surface area contributed by atoms with Crippen molar-refractivity contribution in [1.82, 2.24) is 4.98 Å². The molecule has 0 fully saturated rings. The van der Waals surface area contributed by atoms with Crippen molar-refractivity contribution in [2.24, 2.45) is 5.73 Å². The van der Waals surface area contributed by atoms with Gasteiger partial charge in [0.25, 0.3) is 0 Å². The van der Waals surface area contributed by atoms with Crippen molar-refractivity contribution in [3.05, 3.63) is 42.2 Å². The summed E-state index contributed by atoms with van der Waals surface area (Å²) >= 11 is 0. The van der Waals surface area contributed by atoms with E-state index in [1.54, 1.807) is 6.20 Å². The fourth-order valence-electron chi connectivity index (χ4n) is 1.34. The highest BCUT2D eigenvalue weighted by atomic mass is 14.7. The maximum Gasteiger partial charge on any atom is 0.0420 e. The molecule has 1 aromatic rings. The van der Waals surface area contributed by atoms with Crippen LogP contribution in [0.4, 0.5) is 0 Å². The van der Waals surface area contributed by atoms with Gasteiger partial charge in [-0.15, -0.1) is 6.58 Å². The van der Waals surface area contributed by atoms with E-state index in [0.29, 0.717) is 0 Å². The summed E-state index contributed by atoms with van der Waals surface area (Å²) in [5.41, 5.74) is 8.16. The zero-order valence-corrected chi connectivity index (χ0v) is 8.03. The molecule has 0 spiro atoms. The first-order chi connectivity index (χ1) is 6.25. The molecular weight excluding hydrogens is 160 g/mol. The molecule has 1 unspecified atom stereocenters.